The minimum Gasteiger partial charge on any atom is -0.497 e. The number of rotatable bonds is 10. The average Bonchev–Trinajstić information content (AvgIpc) is 3.30. The van der Waals surface area contributed by atoms with E-state index in [1.165, 1.54) is 13.3 Å². The van der Waals surface area contributed by atoms with E-state index in [9.17, 15) is 18.0 Å². The Kier molecular flexibility index (Phi) is 7.98. The Labute approximate surface area is 208 Å². The molecule has 3 aromatic rings. The average molecular weight is 503 g/mol. The maximum absolute atomic E-state index is 14.7. The Morgan fingerprint density at radius 3 is 2.72 bits per heavy atom. The van der Waals surface area contributed by atoms with Gasteiger partial charge in [0.1, 0.15) is 24.0 Å². The lowest BCUT2D eigenvalue weighted by atomic mass is 9.81. The fourth-order valence-electron chi connectivity index (χ4n) is 4.90. The number of aromatic nitrogens is 1. The van der Waals surface area contributed by atoms with Crippen molar-refractivity contribution in [3.05, 3.63) is 65.6 Å². The van der Waals surface area contributed by atoms with Gasteiger partial charge in [-0.2, -0.15) is 0 Å². The van der Waals surface area contributed by atoms with E-state index in [2.05, 4.69) is 4.98 Å². The molecule has 1 saturated heterocycles. The van der Waals surface area contributed by atoms with Crippen molar-refractivity contribution in [1.82, 2.24) is 9.88 Å². The number of halogens is 3. The fourth-order valence-corrected chi connectivity index (χ4v) is 4.90. The fraction of sp³-hybridized carbons (Fsp3) is 0.407. The zero-order valence-corrected chi connectivity index (χ0v) is 20.4. The van der Waals surface area contributed by atoms with Crippen molar-refractivity contribution in [2.45, 2.75) is 25.7 Å². The molecular weight excluding hydrogens is 473 g/mol. The number of carbonyl (C=O) groups is 1. The first-order chi connectivity index (χ1) is 17.3. The van der Waals surface area contributed by atoms with Gasteiger partial charge < -0.3 is 14.2 Å². The van der Waals surface area contributed by atoms with E-state index in [1.54, 1.807) is 25.3 Å². The van der Waals surface area contributed by atoms with Crippen LogP contribution >= 0.6 is 0 Å². The van der Waals surface area contributed by atoms with Gasteiger partial charge in [-0.1, -0.05) is 0 Å². The number of carbonyl (C=O) groups excluding carboxylic acids is 1. The molecule has 1 aliphatic rings. The van der Waals surface area contributed by atoms with E-state index in [-0.39, 0.29) is 18.3 Å². The molecule has 0 bridgehead atoms. The number of nitrogens with zero attached hydrogens (tertiary/aromatic N) is 2. The number of benzene rings is 2. The van der Waals surface area contributed by atoms with E-state index in [1.807, 2.05) is 4.90 Å². The van der Waals surface area contributed by atoms with Gasteiger partial charge in [-0.3, -0.25) is 14.7 Å². The van der Waals surface area contributed by atoms with E-state index in [0.717, 1.165) is 18.2 Å². The first-order valence-electron chi connectivity index (χ1n) is 11.8. The predicted molar refractivity (Wildman–Crippen MR) is 129 cm³/mol. The number of hydrogen-bond acceptors (Lipinski definition) is 6. The number of esters is 1. The molecule has 4 rings (SSSR count). The van der Waals surface area contributed by atoms with Crippen LogP contribution in [0.4, 0.5) is 13.2 Å². The molecule has 1 aliphatic heterocycles. The summed E-state index contributed by atoms with van der Waals surface area (Å²) in [4.78, 5) is 19.0. The zero-order chi connectivity index (χ0) is 25.7. The minimum absolute atomic E-state index is 0.142. The Balaban J connectivity index is 1.40. The summed E-state index contributed by atoms with van der Waals surface area (Å²) < 4.78 is 57.7. The highest BCUT2D eigenvalue weighted by Gasteiger charge is 2.45. The number of fused-ring (bicyclic) bond motifs is 1. The van der Waals surface area contributed by atoms with Crippen LogP contribution in [0.1, 0.15) is 24.8 Å². The first kappa shape index (κ1) is 25.8. The second kappa shape index (κ2) is 11.2. The van der Waals surface area contributed by atoms with Crippen molar-refractivity contribution in [3.63, 3.8) is 0 Å². The molecule has 0 amide bonds. The van der Waals surface area contributed by atoms with Gasteiger partial charge in [0.05, 0.1) is 31.3 Å². The summed E-state index contributed by atoms with van der Waals surface area (Å²) in [6.45, 7) is 1.67. The number of methoxy groups -OCH3 is 2. The summed E-state index contributed by atoms with van der Waals surface area (Å²) in [6, 6.07) is 8.41. The topological polar surface area (TPSA) is 60.9 Å². The molecule has 6 nitrogen and oxygen atoms in total. The number of ether oxygens (including phenoxy) is 3. The van der Waals surface area contributed by atoms with Crippen LogP contribution in [0, 0.1) is 22.9 Å². The van der Waals surface area contributed by atoms with Crippen LogP contribution in [0.25, 0.3) is 10.9 Å². The quantitative estimate of drug-likeness (QED) is 0.367. The van der Waals surface area contributed by atoms with Crippen LogP contribution in [0.2, 0.25) is 0 Å². The standard InChI is InChI=1S/C27H29F3N2O4/c1-34-19-6-8-24-21(15-19)20(23(30)16-31-24)4-3-9-27(26(33)35-2)10-11-32(17-27)12-13-36-25-14-18(28)5-7-22(25)29/h5-8,14-16H,3-4,9-13,17H2,1-2H3. The summed E-state index contributed by atoms with van der Waals surface area (Å²) in [5, 5.41) is 0.691. The summed E-state index contributed by atoms with van der Waals surface area (Å²) in [5.41, 5.74) is 0.492. The van der Waals surface area contributed by atoms with E-state index in [0.29, 0.717) is 67.5 Å². The Morgan fingerprint density at radius 2 is 1.94 bits per heavy atom. The highest BCUT2D eigenvalue weighted by atomic mass is 19.1. The van der Waals surface area contributed by atoms with Gasteiger partial charge in [0.15, 0.2) is 11.6 Å². The number of aryl methyl sites for hydroxylation is 1. The van der Waals surface area contributed by atoms with Gasteiger partial charge in [0, 0.05) is 24.5 Å². The largest absolute Gasteiger partial charge is 0.497 e. The molecule has 192 valence electrons. The smallest absolute Gasteiger partial charge is 0.313 e. The Hall–Kier alpha value is -3.33. The SMILES string of the molecule is COC(=O)C1(CCCc2c(F)cnc3ccc(OC)cc23)CCN(CCOc2cc(F)ccc2F)C1. The number of likely N-dealkylation sites (tertiary alicyclic amines) is 1. The molecule has 1 fully saturated rings. The van der Waals surface area contributed by atoms with Crippen LogP contribution in [-0.4, -0.2) is 56.3 Å². The molecule has 0 radical (unpaired) electrons. The summed E-state index contributed by atoms with van der Waals surface area (Å²) in [5.74, 6) is -1.42. The third kappa shape index (κ3) is 5.56. The van der Waals surface area contributed by atoms with Gasteiger partial charge >= 0.3 is 5.97 Å². The van der Waals surface area contributed by atoms with Crippen LogP contribution < -0.4 is 9.47 Å². The van der Waals surface area contributed by atoms with Gasteiger partial charge in [-0.25, -0.2) is 13.2 Å². The zero-order valence-electron chi connectivity index (χ0n) is 20.4. The van der Waals surface area contributed by atoms with Crippen molar-refractivity contribution in [2.24, 2.45) is 5.41 Å². The van der Waals surface area contributed by atoms with Crippen molar-refractivity contribution >= 4 is 16.9 Å². The van der Waals surface area contributed by atoms with Crippen molar-refractivity contribution in [2.75, 3.05) is 40.5 Å². The summed E-state index contributed by atoms with van der Waals surface area (Å²) >= 11 is 0. The third-order valence-electron chi connectivity index (χ3n) is 6.83. The number of hydrogen-bond donors (Lipinski definition) is 0. The van der Waals surface area contributed by atoms with Crippen LogP contribution in [0.15, 0.2) is 42.6 Å². The molecule has 2 aromatic carbocycles. The maximum Gasteiger partial charge on any atom is 0.313 e. The molecule has 1 aromatic heterocycles. The lowest BCUT2D eigenvalue weighted by molar-refractivity contribution is -0.152. The molecular formula is C27H29F3N2O4. The van der Waals surface area contributed by atoms with E-state index < -0.39 is 22.9 Å². The lowest BCUT2D eigenvalue weighted by Gasteiger charge is -2.27. The first-order valence-corrected chi connectivity index (χ1v) is 11.8. The van der Waals surface area contributed by atoms with Crippen LogP contribution in [0.3, 0.4) is 0 Å². The van der Waals surface area contributed by atoms with Gasteiger partial charge in [0.25, 0.3) is 0 Å². The van der Waals surface area contributed by atoms with Gasteiger partial charge in [-0.15, -0.1) is 0 Å². The molecule has 1 unspecified atom stereocenters. The minimum atomic E-state index is -0.726. The molecule has 1 atom stereocenters. The maximum atomic E-state index is 14.7. The lowest BCUT2D eigenvalue weighted by Crippen LogP contribution is -2.37. The predicted octanol–water partition coefficient (Wildman–Crippen LogP) is 4.93. The van der Waals surface area contributed by atoms with Gasteiger partial charge in [-0.05, 0) is 68.1 Å². The molecule has 36 heavy (non-hydrogen) atoms. The molecule has 0 N–H and O–H groups in total. The van der Waals surface area contributed by atoms with E-state index >= 15 is 0 Å². The van der Waals surface area contributed by atoms with Gasteiger partial charge in [0.2, 0.25) is 0 Å². The number of pyridine rings is 1. The van der Waals surface area contributed by atoms with Crippen molar-refractivity contribution in [3.8, 4) is 11.5 Å². The highest BCUT2D eigenvalue weighted by molar-refractivity contribution is 5.83. The normalized spacial score (nSPS) is 17.9. The molecule has 0 aliphatic carbocycles. The molecule has 0 spiro atoms. The van der Waals surface area contributed by atoms with E-state index in [4.69, 9.17) is 14.2 Å². The Morgan fingerprint density at radius 1 is 1.11 bits per heavy atom. The summed E-state index contributed by atoms with van der Waals surface area (Å²) in [6.07, 6.45) is 3.32. The molecule has 0 saturated carbocycles. The van der Waals surface area contributed by atoms with Crippen molar-refractivity contribution < 1.29 is 32.2 Å². The Bertz CT molecular complexity index is 1240. The van der Waals surface area contributed by atoms with Crippen molar-refractivity contribution in [1.29, 1.82) is 0 Å². The third-order valence-corrected chi connectivity index (χ3v) is 6.83. The highest BCUT2D eigenvalue weighted by Crippen LogP contribution is 2.37. The van der Waals surface area contributed by atoms with Crippen LogP contribution in [0.5, 0.6) is 11.5 Å². The molecule has 2 heterocycles. The second-order valence-corrected chi connectivity index (χ2v) is 9.04. The summed E-state index contributed by atoms with van der Waals surface area (Å²) in [7, 11) is 2.92. The van der Waals surface area contributed by atoms with Crippen LogP contribution in [-0.2, 0) is 16.0 Å². The molecule has 9 heteroatoms. The second-order valence-electron chi connectivity index (χ2n) is 9.04. The monoisotopic (exact) mass is 502 g/mol.